The highest BCUT2D eigenvalue weighted by Crippen LogP contribution is 2.08. The zero-order chi connectivity index (χ0) is 10.4. The van der Waals surface area contributed by atoms with Gasteiger partial charge in [0, 0.05) is 6.54 Å². The molecule has 0 heterocycles. The molecule has 1 aromatic carbocycles. The molecule has 0 aromatic heterocycles. The van der Waals surface area contributed by atoms with Crippen LogP contribution in [0.3, 0.4) is 0 Å². The van der Waals surface area contributed by atoms with Crippen LogP contribution in [0, 0.1) is 11.6 Å². The van der Waals surface area contributed by atoms with Crippen molar-refractivity contribution < 1.29 is 8.78 Å². The predicted octanol–water partition coefficient (Wildman–Crippen LogP) is 2.37. The third-order valence-electron chi connectivity index (χ3n) is 1.82. The van der Waals surface area contributed by atoms with E-state index < -0.39 is 11.6 Å². The van der Waals surface area contributed by atoms with Crippen molar-refractivity contribution in [3.05, 3.63) is 35.4 Å². The van der Waals surface area contributed by atoms with Gasteiger partial charge in [-0.05, 0) is 36.4 Å². The van der Waals surface area contributed by atoms with Crippen LogP contribution in [0.1, 0.15) is 12.0 Å². The average molecular weight is 217 g/mol. The lowest BCUT2D eigenvalue weighted by atomic mass is 10.2. The van der Waals surface area contributed by atoms with E-state index in [0.717, 1.165) is 30.3 Å². The third kappa shape index (κ3) is 3.64. The van der Waals surface area contributed by atoms with Crippen LogP contribution in [0.2, 0.25) is 0 Å². The number of benzene rings is 1. The maximum Gasteiger partial charge on any atom is 0.159 e. The highest BCUT2D eigenvalue weighted by molar-refractivity contribution is 7.80. The molecule has 0 aliphatic rings. The Bertz CT molecular complexity index is 291. The van der Waals surface area contributed by atoms with E-state index in [1.165, 1.54) is 6.07 Å². The van der Waals surface area contributed by atoms with E-state index in [1.807, 2.05) is 0 Å². The molecule has 0 aliphatic carbocycles. The van der Waals surface area contributed by atoms with Crippen LogP contribution in [0.25, 0.3) is 0 Å². The van der Waals surface area contributed by atoms with Crippen molar-refractivity contribution in [2.24, 2.45) is 0 Å². The van der Waals surface area contributed by atoms with E-state index in [0.29, 0.717) is 6.54 Å². The van der Waals surface area contributed by atoms with Gasteiger partial charge in [-0.25, -0.2) is 8.78 Å². The first-order chi connectivity index (χ1) is 6.74. The van der Waals surface area contributed by atoms with Crippen molar-refractivity contribution in [1.82, 2.24) is 5.32 Å². The maximum atomic E-state index is 12.7. The first-order valence-electron chi connectivity index (χ1n) is 4.49. The normalized spacial score (nSPS) is 10.5. The molecule has 0 saturated carbocycles. The summed E-state index contributed by atoms with van der Waals surface area (Å²) >= 11 is 4.06. The van der Waals surface area contributed by atoms with Gasteiger partial charge in [-0.1, -0.05) is 6.07 Å². The van der Waals surface area contributed by atoms with Gasteiger partial charge in [0.2, 0.25) is 0 Å². The standard InChI is InChI=1S/C10H13F2NS/c11-9-3-2-8(6-10(9)12)7-13-4-1-5-14/h2-3,6,13-14H,1,4-5,7H2. The summed E-state index contributed by atoms with van der Waals surface area (Å²) < 4.78 is 25.3. The summed E-state index contributed by atoms with van der Waals surface area (Å²) in [5.41, 5.74) is 0.753. The van der Waals surface area contributed by atoms with Crippen molar-refractivity contribution in [3.8, 4) is 0 Å². The fourth-order valence-electron chi connectivity index (χ4n) is 1.09. The van der Waals surface area contributed by atoms with E-state index >= 15 is 0 Å². The number of hydrogen-bond donors (Lipinski definition) is 2. The van der Waals surface area contributed by atoms with Gasteiger partial charge in [0.05, 0.1) is 0 Å². The minimum Gasteiger partial charge on any atom is -0.313 e. The summed E-state index contributed by atoms with van der Waals surface area (Å²) in [6, 6.07) is 3.93. The highest BCUT2D eigenvalue weighted by atomic mass is 32.1. The molecule has 0 spiro atoms. The van der Waals surface area contributed by atoms with Crippen molar-refractivity contribution >= 4 is 12.6 Å². The Kier molecular flexibility index (Phi) is 4.90. The Balaban J connectivity index is 2.39. The fraction of sp³-hybridized carbons (Fsp3) is 0.400. The Morgan fingerprint density at radius 3 is 2.64 bits per heavy atom. The smallest absolute Gasteiger partial charge is 0.159 e. The Morgan fingerprint density at radius 2 is 2.00 bits per heavy atom. The second-order valence-corrected chi connectivity index (χ2v) is 3.45. The second-order valence-electron chi connectivity index (χ2n) is 3.00. The Morgan fingerprint density at radius 1 is 1.21 bits per heavy atom. The summed E-state index contributed by atoms with van der Waals surface area (Å²) in [5, 5.41) is 3.11. The average Bonchev–Trinajstić information content (AvgIpc) is 2.18. The van der Waals surface area contributed by atoms with Crippen LogP contribution < -0.4 is 5.32 Å². The van der Waals surface area contributed by atoms with Crippen molar-refractivity contribution in [1.29, 1.82) is 0 Å². The lowest BCUT2D eigenvalue weighted by molar-refractivity contribution is 0.506. The molecule has 0 fully saturated rings. The number of rotatable bonds is 5. The molecule has 0 atom stereocenters. The molecule has 1 aromatic rings. The van der Waals surface area contributed by atoms with Gasteiger partial charge in [-0.2, -0.15) is 12.6 Å². The largest absolute Gasteiger partial charge is 0.313 e. The molecule has 1 nitrogen and oxygen atoms in total. The summed E-state index contributed by atoms with van der Waals surface area (Å²) in [7, 11) is 0. The van der Waals surface area contributed by atoms with Crippen LogP contribution in [0.5, 0.6) is 0 Å². The van der Waals surface area contributed by atoms with Crippen molar-refractivity contribution in [3.63, 3.8) is 0 Å². The number of hydrogen-bond acceptors (Lipinski definition) is 2. The molecular weight excluding hydrogens is 204 g/mol. The number of halogens is 2. The van der Waals surface area contributed by atoms with Gasteiger partial charge in [-0.3, -0.25) is 0 Å². The van der Waals surface area contributed by atoms with Crippen molar-refractivity contribution in [2.75, 3.05) is 12.3 Å². The molecule has 0 bridgehead atoms. The molecule has 1 rings (SSSR count). The van der Waals surface area contributed by atoms with Gasteiger partial charge in [-0.15, -0.1) is 0 Å². The van der Waals surface area contributed by atoms with Gasteiger partial charge in [0.15, 0.2) is 11.6 Å². The molecule has 1 N–H and O–H groups in total. The van der Waals surface area contributed by atoms with E-state index in [4.69, 9.17) is 0 Å². The minimum atomic E-state index is -0.802. The maximum absolute atomic E-state index is 12.7. The lowest BCUT2D eigenvalue weighted by Gasteiger charge is -2.03. The molecule has 14 heavy (non-hydrogen) atoms. The summed E-state index contributed by atoms with van der Waals surface area (Å²) in [6.45, 7) is 1.40. The Hall–Kier alpha value is -0.610. The molecule has 0 saturated heterocycles. The molecule has 0 unspecified atom stereocenters. The lowest BCUT2D eigenvalue weighted by Crippen LogP contribution is -2.15. The van der Waals surface area contributed by atoms with E-state index in [2.05, 4.69) is 17.9 Å². The van der Waals surface area contributed by atoms with Gasteiger partial charge < -0.3 is 5.32 Å². The summed E-state index contributed by atoms with van der Waals surface area (Å²) in [6.07, 6.45) is 0.965. The van der Waals surface area contributed by atoms with Crippen molar-refractivity contribution in [2.45, 2.75) is 13.0 Å². The second kappa shape index (κ2) is 5.98. The van der Waals surface area contributed by atoms with E-state index in [-0.39, 0.29) is 0 Å². The van der Waals surface area contributed by atoms with Crippen LogP contribution in [0.4, 0.5) is 8.78 Å². The van der Waals surface area contributed by atoms with Crippen LogP contribution >= 0.6 is 12.6 Å². The molecule has 78 valence electrons. The quantitative estimate of drug-likeness (QED) is 0.570. The zero-order valence-electron chi connectivity index (χ0n) is 7.76. The molecule has 0 aliphatic heterocycles. The van der Waals surface area contributed by atoms with E-state index in [1.54, 1.807) is 6.07 Å². The highest BCUT2D eigenvalue weighted by Gasteiger charge is 2.01. The Labute approximate surface area is 87.9 Å². The monoisotopic (exact) mass is 217 g/mol. The minimum absolute atomic E-state index is 0.560. The molecule has 0 radical (unpaired) electrons. The van der Waals surface area contributed by atoms with Crippen LogP contribution in [-0.4, -0.2) is 12.3 Å². The number of nitrogens with one attached hydrogen (secondary N) is 1. The van der Waals surface area contributed by atoms with E-state index in [9.17, 15) is 8.78 Å². The van der Waals surface area contributed by atoms with Gasteiger partial charge in [0.25, 0.3) is 0 Å². The van der Waals surface area contributed by atoms with Crippen LogP contribution in [0.15, 0.2) is 18.2 Å². The molecular formula is C10H13F2NS. The molecule has 0 amide bonds. The topological polar surface area (TPSA) is 12.0 Å². The van der Waals surface area contributed by atoms with Gasteiger partial charge >= 0.3 is 0 Å². The van der Waals surface area contributed by atoms with Gasteiger partial charge in [0.1, 0.15) is 0 Å². The molecule has 4 heteroatoms. The zero-order valence-corrected chi connectivity index (χ0v) is 8.66. The summed E-state index contributed by atoms with van der Waals surface area (Å²) in [4.78, 5) is 0. The summed E-state index contributed by atoms with van der Waals surface area (Å²) in [5.74, 6) is -0.771. The predicted molar refractivity (Wildman–Crippen MR) is 56.5 cm³/mol. The number of thiol groups is 1. The first-order valence-corrected chi connectivity index (χ1v) is 5.13. The van der Waals surface area contributed by atoms with Crippen LogP contribution in [-0.2, 0) is 6.54 Å². The first kappa shape index (κ1) is 11.5. The third-order valence-corrected chi connectivity index (χ3v) is 2.14. The SMILES string of the molecule is Fc1ccc(CNCCCS)cc1F. The fourth-order valence-corrected chi connectivity index (χ4v) is 1.24.